The van der Waals surface area contributed by atoms with Crippen molar-refractivity contribution >= 4 is 17.2 Å². The van der Waals surface area contributed by atoms with Gasteiger partial charge in [-0.05, 0) is 35.9 Å². The first kappa shape index (κ1) is 17.3. The molecule has 0 aliphatic carbocycles. The average Bonchev–Trinajstić information content (AvgIpc) is 2.79. The minimum absolute atomic E-state index is 0.0538. The maximum atomic E-state index is 9.83. The van der Waals surface area contributed by atoms with E-state index in [0.29, 0.717) is 0 Å². The van der Waals surface area contributed by atoms with E-state index in [-0.39, 0.29) is 11.8 Å². The highest BCUT2D eigenvalue weighted by Crippen LogP contribution is 2.42. The van der Waals surface area contributed by atoms with Crippen LogP contribution in [0.25, 0.3) is 0 Å². The van der Waals surface area contributed by atoms with E-state index in [2.05, 4.69) is 47.4 Å². The first-order valence-electron chi connectivity index (χ1n) is 9.67. The molecule has 5 rings (SSSR count). The third-order valence-corrected chi connectivity index (χ3v) is 5.22. The second-order valence-electron chi connectivity index (χ2n) is 7.06. The molecule has 1 aliphatic rings. The van der Waals surface area contributed by atoms with Crippen LogP contribution >= 0.6 is 0 Å². The normalized spacial score (nSPS) is 15.5. The molecule has 0 amide bonds. The van der Waals surface area contributed by atoms with Crippen molar-refractivity contribution in [2.75, 3.05) is 4.90 Å². The van der Waals surface area contributed by atoms with Crippen LogP contribution in [0.3, 0.4) is 0 Å². The molecule has 3 nitrogen and oxygen atoms in total. The molecule has 0 fully saturated rings. The summed E-state index contributed by atoms with van der Waals surface area (Å²) in [7, 11) is 0. The molecule has 1 heterocycles. The monoisotopic (exact) mass is 376 g/mol. The molecule has 4 aromatic carbocycles. The lowest BCUT2D eigenvalue weighted by molar-refractivity contribution is 0.475. The van der Waals surface area contributed by atoms with Gasteiger partial charge in [0.2, 0.25) is 0 Å². The van der Waals surface area contributed by atoms with Crippen molar-refractivity contribution in [2.45, 2.75) is 6.04 Å². The van der Waals surface area contributed by atoms with E-state index in [1.165, 1.54) is 0 Å². The number of hydrogen-bond donors (Lipinski definition) is 1. The molecule has 0 aromatic heterocycles. The minimum atomic E-state index is -0.0538. The van der Waals surface area contributed by atoms with E-state index in [1.807, 2.05) is 54.6 Å². The molecule has 4 aromatic rings. The highest BCUT2D eigenvalue weighted by atomic mass is 16.3. The number of para-hydroxylation sites is 2. The molecule has 140 valence electrons. The molecule has 1 atom stereocenters. The molecule has 0 bridgehead atoms. The molecule has 29 heavy (non-hydrogen) atoms. The Morgan fingerprint density at radius 2 is 1.28 bits per heavy atom. The smallest absolute Gasteiger partial charge is 0.141 e. The maximum absolute atomic E-state index is 9.83. The lowest BCUT2D eigenvalue weighted by Crippen LogP contribution is -2.38. The Labute approximate surface area is 170 Å². The Morgan fingerprint density at radius 1 is 0.655 bits per heavy atom. The third-order valence-electron chi connectivity index (χ3n) is 5.22. The third kappa shape index (κ3) is 3.17. The summed E-state index contributed by atoms with van der Waals surface area (Å²) in [5.74, 6) is 1.18. The molecule has 1 N–H and O–H groups in total. The van der Waals surface area contributed by atoms with Gasteiger partial charge in [-0.15, -0.1) is 0 Å². The van der Waals surface area contributed by atoms with Crippen molar-refractivity contribution in [1.29, 1.82) is 0 Å². The van der Waals surface area contributed by atoms with Crippen molar-refractivity contribution in [3.05, 3.63) is 126 Å². The number of fused-ring (bicyclic) bond motifs is 1. The first-order chi connectivity index (χ1) is 14.3. The van der Waals surface area contributed by atoms with Gasteiger partial charge in [0.15, 0.2) is 0 Å². The zero-order valence-electron chi connectivity index (χ0n) is 15.8. The quantitative estimate of drug-likeness (QED) is 0.470. The van der Waals surface area contributed by atoms with Crippen molar-refractivity contribution in [3.8, 4) is 5.75 Å². The van der Waals surface area contributed by atoms with Gasteiger partial charge in [-0.1, -0.05) is 78.9 Å². The largest absolute Gasteiger partial charge is 0.508 e. The van der Waals surface area contributed by atoms with Gasteiger partial charge in [0.1, 0.15) is 11.6 Å². The van der Waals surface area contributed by atoms with Gasteiger partial charge >= 0.3 is 0 Å². The van der Waals surface area contributed by atoms with Crippen LogP contribution in [0.2, 0.25) is 0 Å². The van der Waals surface area contributed by atoms with Crippen molar-refractivity contribution < 1.29 is 5.11 Å². The minimum Gasteiger partial charge on any atom is -0.508 e. The van der Waals surface area contributed by atoms with E-state index >= 15 is 0 Å². The Morgan fingerprint density at radius 3 is 2.00 bits per heavy atom. The number of nitrogens with zero attached hydrogens (tertiary/aromatic N) is 2. The molecular formula is C26H20N2O. The zero-order valence-corrected chi connectivity index (χ0v) is 15.8. The summed E-state index contributed by atoms with van der Waals surface area (Å²) in [6, 6.07) is 36.3. The van der Waals surface area contributed by atoms with Gasteiger partial charge in [-0.2, -0.15) is 0 Å². The summed E-state index contributed by atoms with van der Waals surface area (Å²) >= 11 is 0. The fourth-order valence-corrected chi connectivity index (χ4v) is 3.89. The Balaban J connectivity index is 1.78. The first-order valence-corrected chi connectivity index (χ1v) is 9.67. The Bertz CT molecular complexity index is 1150. The summed E-state index contributed by atoms with van der Waals surface area (Å²) in [5.41, 5.74) is 5.35. The number of hydrogen-bond acceptors (Lipinski definition) is 3. The number of rotatable bonds is 3. The number of phenolic OH excluding ortho intramolecular Hbond substituents is 1. The van der Waals surface area contributed by atoms with Gasteiger partial charge in [0.05, 0.1) is 11.7 Å². The number of phenols is 1. The molecule has 0 saturated heterocycles. The summed E-state index contributed by atoms with van der Waals surface area (Å²) in [6.45, 7) is 0. The summed E-state index contributed by atoms with van der Waals surface area (Å²) in [5, 5.41) is 9.83. The summed E-state index contributed by atoms with van der Waals surface area (Å²) in [6.07, 6.45) is 0. The second-order valence-corrected chi connectivity index (χ2v) is 7.06. The van der Waals surface area contributed by atoms with Gasteiger partial charge < -0.3 is 10.0 Å². The van der Waals surface area contributed by atoms with Crippen molar-refractivity contribution in [1.82, 2.24) is 0 Å². The van der Waals surface area contributed by atoms with E-state index in [9.17, 15) is 5.11 Å². The van der Waals surface area contributed by atoms with E-state index < -0.39 is 0 Å². The molecule has 1 unspecified atom stereocenters. The Hall–Kier alpha value is -3.85. The van der Waals surface area contributed by atoms with Crippen LogP contribution in [-0.4, -0.2) is 10.9 Å². The van der Waals surface area contributed by atoms with Crippen LogP contribution in [0.4, 0.5) is 11.4 Å². The molecule has 0 radical (unpaired) electrons. The number of benzene rings is 4. The molecular weight excluding hydrogens is 356 g/mol. The lowest BCUT2D eigenvalue weighted by Gasteiger charge is -2.39. The van der Waals surface area contributed by atoms with Gasteiger partial charge in [0.25, 0.3) is 0 Å². The number of aromatic hydroxyl groups is 1. The van der Waals surface area contributed by atoms with Crippen LogP contribution < -0.4 is 4.90 Å². The molecule has 1 aliphatic heterocycles. The van der Waals surface area contributed by atoms with E-state index in [0.717, 1.165) is 33.9 Å². The zero-order chi connectivity index (χ0) is 19.6. The van der Waals surface area contributed by atoms with E-state index in [4.69, 9.17) is 4.99 Å². The molecule has 0 spiro atoms. The fourth-order valence-electron chi connectivity index (χ4n) is 3.89. The molecule has 0 saturated carbocycles. The second kappa shape index (κ2) is 7.28. The Kier molecular flexibility index (Phi) is 4.34. The van der Waals surface area contributed by atoms with Crippen LogP contribution in [0, 0.1) is 0 Å². The average molecular weight is 376 g/mol. The highest BCUT2D eigenvalue weighted by Gasteiger charge is 2.32. The van der Waals surface area contributed by atoms with Crippen LogP contribution in [0.15, 0.2) is 114 Å². The van der Waals surface area contributed by atoms with Crippen molar-refractivity contribution in [2.24, 2.45) is 4.99 Å². The number of anilines is 1. The van der Waals surface area contributed by atoms with E-state index in [1.54, 1.807) is 12.1 Å². The molecule has 3 heteroatoms. The topological polar surface area (TPSA) is 35.8 Å². The summed E-state index contributed by atoms with van der Waals surface area (Å²) < 4.78 is 0. The summed E-state index contributed by atoms with van der Waals surface area (Å²) in [4.78, 5) is 7.34. The predicted octanol–water partition coefficient (Wildman–Crippen LogP) is 6.08. The van der Waals surface area contributed by atoms with Gasteiger partial charge in [-0.3, -0.25) is 0 Å². The van der Waals surface area contributed by atoms with Gasteiger partial charge in [-0.25, -0.2) is 4.99 Å². The van der Waals surface area contributed by atoms with Crippen LogP contribution in [0.1, 0.15) is 22.7 Å². The van der Waals surface area contributed by atoms with Gasteiger partial charge in [0, 0.05) is 16.8 Å². The standard InChI is InChI=1S/C26H20N2O/c29-22-17-15-19(16-18-22)25-23-13-7-8-14-24(23)27-26(20-9-3-1-4-10-20)28(25)21-11-5-2-6-12-21/h1-18,25,29H. The number of aliphatic imine (C=N–C) groups is 1. The van der Waals surface area contributed by atoms with Crippen LogP contribution in [-0.2, 0) is 0 Å². The van der Waals surface area contributed by atoms with Crippen molar-refractivity contribution in [3.63, 3.8) is 0 Å². The SMILES string of the molecule is Oc1ccc(C2c3ccccc3N=C(c3ccccc3)N2c2ccccc2)cc1. The van der Waals surface area contributed by atoms with Crippen LogP contribution in [0.5, 0.6) is 5.75 Å². The predicted molar refractivity (Wildman–Crippen MR) is 118 cm³/mol. The fraction of sp³-hybridized carbons (Fsp3) is 0.0385. The highest BCUT2D eigenvalue weighted by molar-refractivity contribution is 6.13. The lowest BCUT2D eigenvalue weighted by atomic mass is 9.92. The maximum Gasteiger partial charge on any atom is 0.141 e. The number of amidine groups is 1.